The van der Waals surface area contributed by atoms with E-state index in [1.165, 1.54) is 6.07 Å². The lowest BCUT2D eigenvalue weighted by molar-refractivity contribution is -0.137. The molecule has 1 aliphatic rings. The molecule has 0 radical (unpaired) electrons. The van der Waals surface area contributed by atoms with Crippen molar-refractivity contribution in [3.63, 3.8) is 0 Å². The van der Waals surface area contributed by atoms with Crippen molar-refractivity contribution in [3.05, 3.63) is 70.3 Å². The summed E-state index contributed by atoms with van der Waals surface area (Å²) in [5.41, 5.74) is 2.14. The van der Waals surface area contributed by atoms with E-state index in [0.29, 0.717) is 0 Å². The van der Waals surface area contributed by atoms with Crippen molar-refractivity contribution in [1.82, 2.24) is 21.3 Å². The molecule has 0 heterocycles. The SMILES string of the molecule is Cc1ccc(C(C)NC[C@H](NC(=O)CNC(=O)c2cccc(C(F)(F)F)c2)C(=O)NC2CC2)c(C)c1. The van der Waals surface area contributed by atoms with Crippen LogP contribution in [-0.4, -0.2) is 42.9 Å². The molecule has 0 bridgehead atoms. The van der Waals surface area contributed by atoms with E-state index in [2.05, 4.69) is 27.3 Å². The van der Waals surface area contributed by atoms with Gasteiger partial charge in [-0.05, 0) is 62.9 Å². The topological polar surface area (TPSA) is 99.3 Å². The molecule has 4 N–H and O–H groups in total. The maximum absolute atomic E-state index is 12.9. The zero-order chi connectivity index (χ0) is 26.5. The van der Waals surface area contributed by atoms with Crippen LogP contribution in [0.5, 0.6) is 0 Å². The highest BCUT2D eigenvalue weighted by molar-refractivity contribution is 5.97. The molecule has 2 aromatic rings. The molecule has 1 fully saturated rings. The summed E-state index contributed by atoms with van der Waals surface area (Å²) in [6.07, 6.45) is -2.82. The van der Waals surface area contributed by atoms with Crippen LogP contribution in [0, 0.1) is 13.8 Å². The molecule has 0 saturated heterocycles. The molecule has 194 valence electrons. The molecule has 10 heteroatoms. The number of carbonyl (C=O) groups is 3. The Bertz CT molecular complexity index is 1120. The molecule has 2 atom stereocenters. The van der Waals surface area contributed by atoms with Crippen LogP contribution in [-0.2, 0) is 15.8 Å². The minimum Gasteiger partial charge on any atom is -0.352 e. The van der Waals surface area contributed by atoms with Crippen LogP contribution in [0.2, 0.25) is 0 Å². The van der Waals surface area contributed by atoms with E-state index in [4.69, 9.17) is 0 Å². The van der Waals surface area contributed by atoms with Crippen molar-refractivity contribution in [2.45, 2.75) is 57.9 Å². The van der Waals surface area contributed by atoms with Gasteiger partial charge in [-0.1, -0.05) is 29.8 Å². The summed E-state index contributed by atoms with van der Waals surface area (Å²) >= 11 is 0. The molecular formula is C26H31F3N4O3. The molecule has 36 heavy (non-hydrogen) atoms. The van der Waals surface area contributed by atoms with Crippen LogP contribution in [0.3, 0.4) is 0 Å². The number of alkyl halides is 3. The second-order valence-corrected chi connectivity index (χ2v) is 9.15. The van der Waals surface area contributed by atoms with Crippen molar-refractivity contribution in [1.29, 1.82) is 0 Å². The van der Waals surface area contributed by atoms with Crippen molar-refractivity contribution < 1.29 is 27.6 Å². The Morgan fingerprint density at radius 1 is 1.06 bits per heavy atom. The van der Waals surface area contributed by atoms with Gasteiger partial charge in [-0.25, -0.2) is 0 Å². The zero-order valence-corrected chi connectivity index (χ0v) is 20.5. The molecule has 1 unspecified atom stereocenters. The smallest absolute Gasteiger partial charge is 0.352 e. The first-order chi connectivity index (χ1) is 16.9. The summed E-state index contributed by atoms with van der Waals surface area (Å²) in [5.74, 6) is -1.79. The van der Waals surface area contributed by atoms with Crippen LogP contribution < -0.4 is 21.3 Å². The van der Waals surface area contributed by atoms with E-state index < -0.39 is 36.1 Å². The van der Waals surface area contributed by atoms with Gasteiger partial charge < -0.3 is 21.3 Å². The van der Waals surface area contributed by atoms with Crippen LogP contribution in [0.1, 0.15) is 58.4 Å². The number of nitrogens with one attached hydrogen (secondary N) is 4. The quantitative estimate of drug-likeness (QED) is 0.400. The number of hydrogen-bond acceptors (Lipinski definition) is 4. The van der Waals surface area contributed by atoms with E-state index in [1.54, 1.807) is 0 Å². The third-order valence-corrected chi connectivity index (χ3v) is 5.96. The van der Waals surface area contributed by atoms with Gasteiger partial charge >= 0.3 is 6.18 Å². The Hall–Kier alpha value is -3.40. The number of aryl methyl sites for hydroxylation is 2. The van der Waals surface area contributed by atoms with E-state index in [1.807, 2.05) is 32.9 Å². The molecule has 0 spiro atoms. The van der Waals surface area contributed by atoms with Crippen LogP contribution >= 0.6 is 0 Å². The van der Waals surface area contributed by atoms with E-state index in [9.17, 15) is 27.6 Å². The van der Waals surface area contributed by atoms with Gasteiger partial charge in [-0.15, -0.1) is 0 Å². The number of benzene rings is 2. The summed E-state index contributed by atoms with van der Waals surface area (Å²) < 4.78 is 38.7. The molecular weight excluding hydrogens is 473 g/mol. The summed E-state index contributed by atoms with van der Waals surface area (Å²) in [6.45, 7) is 5.64. The first-order valence-electron chi connectivity index (χ1n) is 11.8. The lowest BCUT2D eigenvalue weighted by Crippen LogP contribution is -2.54. The Kier molecular flexibility index (Phi) is 8.73. The summed E-state index contributed by atoms with van der Waals surface area (Å²) in [6, 6.07) is 9.14. The Morgan fingerprint density at radius 2 is 1.78 bits per heavy atom. The van der Waals surface area contributed by atoms with E-state index in [-0.39, 0.29) is 30.1 Å². The predicted octanol–water partition coefficient (Wildman–Crippen LogP) is 3.17. The Labute approximate surface area is 208 Å². The number of carbonyl (C=O) groups excluding carboxylic acids is 3. The Morgan fingerprint density at radius 3 is 2.42 bits per heavy atom. The number of amides is 3. The maximum Gasteiger partial charge on any atom is 0.416 e. The highest BCUT2D eigenvalue weighted by Gasteiger charge is 2.31. The molecule has 2 aromatic carbocycles. The van der Waals surface area contributed by atoms with Crippen LogP contribution in [0.25, 0.3) is 0 Å². The lowest BCUT2D eigenvalue weighted by atomic mass is 10.00. The first kappa shape index (κ1) is 27.2. The van der Waals surface area contributed by atoms with Crippen molar-refractivity contribution in [2.24, 2.45) is 0 Å². The summed E-state index contributed by atoms with van der Waals surface area (Å²) in [7, 11) is 0. The van der Waals surface area contributed by atoms with Gasteiger partial charge in [0.1, 0.15) is 6.04 Å². The molecule has 3 rings (SSSR count). The molecule has 1 saturated carbocycles. The van der Waals surface area contributed by atoms with Gasteiger partial charge in [0, 0.05) is 24.2 Å². The highest BCUT2D eigenvalue weighted by Crippen LogP contribution is 2.29. The second kappa shape index (κ2) is 11.6. The number of hydrogen-bond donors (Lipinski definition) is 4. The van der Waals surface area contributed by atoms with Gasteiger partial charge in [-0.3, -0.25) is 14.4 Å². The zero-order valence-electron chi connectivity index (χ0n) is 20.5. The third kappa shape index (κ3) is 7.81. The Balaban J connectivity index is 1.58. The van der Waals surface area contributed by atoms with Crippen LogP contribution in [0.4, 0.5) is 13.2 Å². The standard InChI is InChI=1S/C26H31F3N4O3/c1-15-7-10-21(16(2)11-15)17(3)30-13-22(25(36)32-20-8-9-20)33-23(34)14-31-24(35)18-5-4-6-19(12-18)26(27,28)29/h4-7,10-12,17,20,22,30H,8-9,13-14H2,1-3H3,(H,31,35)(H,32,36)(H,33,34)/t17?,22-/m0/s1. The lowest BCUT2D eigenvalue weighted by Gasteiger charge is -2.23. The summed E-state index contributed by atoms with van der Waals surface area (Å²) in [5, 5.41) is 11.1. The average molecular weight is 505 g/mol. The normalized spacial score (nSPS) is 15.1. The minimum absolute atomic E-state index is 0.0839. The average Bonchev–Trinajstić information content (AvgIpc) is 3.63. The first-order valence-corrected chi connectivity index (χ1v) is 11.8. The molecule has 1 aliphatic carbocycles. The third-order valence-electron chi connectivity index (χ3n) is 5.96. The van der Waals surface area contributed by atoms with Crippen molar-refractivity contribution in [2.75, 3.05) is 13.1 Å². The largest absolute Gasteiger partial charge is 0.416 e. The van der Waals surface area contributed by atoms with Gasteiger partial charge in [0.05, 0.1) is 12.1 Å². The van der Waals surface area contributed by atoms with Gasteiger partial charge in [0.2, 0.25) is 11.8 Å². The van der Waals surface area contributed by atoms with Gasteiger partial charge in [-0.2, -0.15) is 13.2 Å². The number of rotatable bonds is 10. The molecule has 0 aromatic heterocycles. The van der Waals surface area contributed by atoms with Gasteiger partial charge in [0.25, 0.3) is 5.91 Å². The van der Waals surface area contributed by atoms with E-state index in [0.717, 1.165) is 47.7 Å². The fourth-order valence-corrected chi connectivity index (χ4v) is 3.80. The number of halogens is 3. The van der Waals surface area contributed by atoms with Crippen LogP contribution in [0.15, 0.2) is 42.5 Å². The fraction of sp³-hybridized carbons (Fsp3) is 0.423. The van der Waals surface area contributed by atoms with Crippen molar-refractivity contribution >= 4 is 17.7 Å². The fourth-order valence-electron chi connectivity index (χ4n) is 3.80. The van der Waals surface area contributed by atoms with Crippen molar-refractivity contribution in [3.8, 4) is 0 Å². The second-order valence-electron chi connectivity index (χ2n) is 9.15. The minimum atomic E-state index is -4.59. The molecule has 7 nitrogen and oxygen atoms in total. The van der Waals surface area contributed by atoms with Gasteiger partial charge in [0.15, 0.2) is 0 Å². The monoisotopic (exact) mass is 504 g/mol. The predicted molar refractivity (Wildman–Crippen MR) is 129 cm³/mol. The maximum atomic E-state index is 12.9. The molecule has 3 amide bonds. The van der Waals surface area contributed by atoms with E-state index >= 15 is 0 Å². The molecule has 0 aliphatic heterocycles. The summed E-state index contributed by atoms with van der Waals surface area (Å²) in [4.78, 5) is 37.5. The highest BCUT2D eigenvalue weighted by atomic mass is 19.4.